The van der Waals surface area contributed by atoms with Crippen molar-refractivity contribution in [1.82, 2.24) is 0 Å². The SMILES string of the molecule is c1ccc(-c2c3ccccc3c(-c3cccc(-c4ccc5cc6c(cc5c4)sc4cc5sc7ccc(-c8cccc9sc%10c(ccc%11sc%12cc%13ccccc%13c(-c%13cccc(-c%14c%15ccccc%15c(-c%15ccccc%15)c%15ccccc%14%15)c%13)c%12c%11%10)c89)cc7c5cc46)c3)c3ccccc23)cc1. The fraction of sp³-hybridized carbons (Fsp3) is 0. The summed E-state index contributed by atoms with van der Waals surface area (Å²) in [5.41, 5.74) is 17.5. The standard InChI is InChI=1S/C96H54S4/c1-3-20-55(21-4-1)88-68-30-9-13-34-72(68)90(73-35-14-10-31-69(73)88)62-26-17-25-57(46-62)58-40-41-59-49-78-80-53-79-77-50-61(42-44-81(77)97-85(79)54-86(80)99-84(78)52-65(59)47-58)67-38-19-39-82-93(67)76-43-45-83-95(96(76)100-82)94-87(98-83)51-60-24-7-8-29-66(60)92(94)64-28-18-27-63(48-64)91-74-36-15-11-32-70(74)89(56-22-5-2-6-23-56)71-33-12-16-37-75(71)91/h1-54H. The molecule has 4 heterocycles. The second kappa shape index (κ2) is 22.0. The van der Waals surface area contributed by atoms with Crippen molar-refractivity contribution in [3.05, 3.63) is 328 Å². The van der Waals surface area contributed by atoms with E-state index >= 15 is 0 Å². The lowest BCUT2D eigenvalue weighted by Crippen LogP contribution is -1.91. The zero-order valence-corrected chi connectivity index (χ0v) is 57.1. The molecule has 0 amide bonds. The van der Waals surface area contributed by atoms with E-state index in [4.69, 9.17) is 0 Å². The van der Waals surface area contributed by atoms with Crippen LogP contribution in [0.15, 0.2) is 328 Å². The lowest BCUT2D eigenvalue weighted by atomic mass is 9.85. The summed E-state index contributed by atoms with van der Waals surface area (Å²) in [6.07, 6.45) is 0. The molecule has 0 fully saturated rings. The average Bonchev–Trinajstić information content (AvgIpc) is 1.44. The van der Waals surface area contributed by atoms with Crippen molar-refractivity contribution in [3.8, 4) is 77.9 Å². The number of fused-ring (bicyclic) bond motifs is 19. The van der Waals surface area contributed by atoms with Crippen LogP contribution in [0.4, 0.5) is 0 Å². The van der Waals surface area contributed by atoms with Crippen molar-refractivity contribution < 1.29 is 0 Å². The topological polar surface area (TPSA) is 0 Å². The van der Waals surface area contributed by atoms with E-state index in [0.29, 0.717) is 0 Å². The maximum Gasteiger partial charge on any atom is 0.0449 e. The summed E-state index contributed by atoms with van der Waals surface area (Å²) in [7, 11) is 0. The molecule has 4 heteroatoms. The second-order valence-electron chi connectivity index (χ2n) is 26.8. The van der Waals surface area contributed by atoms with Crippen molar-refractivity contribution in [2.45, 2.75) is 0 Å². The average molecular weight is 1340 g/mol. The van der Waals surface area contributed by atoms with Crippen LogP contribution >= 0.6 is 45.3 Å². The Labute approximate surface area is 591 Å². The Morgan fingerprint density at radius 1 is 0.150 bits per heavy atom. The molecule has 0 spiro atoms. The second-order valence-corrected chi connectivity index (χ2v) is 31.1. The third kappa shape index (κ3) is 8.49. The van der Waals surface area contributed by atoms with Gasteiger partial charge in [0.2, 0.25) is 0 Å². The highest BCUT2D eigenvalue weighted by atomic mass is 32.1. The number of hydrogen-bond donors (Lipinski definition) is 0. The van der Waals surface area contributed by atoms with Gasteiger partial charge in [0.15, 0.2) is 0 Å². The first-order valence-corrected chi connectivity index (χ1v) is 37.5. The van der Waals surface area contributed by atoms with Gasteiger partial charge in [0.1, 0.15) is 0 Å². The number of rotatable bonds is 7. The zero-order chi connectivity index (χ0) is 65.3. The number of hydrogen-bond acceptors (Lipinski definition) is 4. The zero-order valence-electron chi connectivity index (χ0n) is 53.8. The minimum atomic E-state index is 1.21. The van der Waals surface area contributed by atoms with E-state index in [1.54, 1.807) is 0 Å². The number of thiophene rings is 4. The lowest BCUT2D eigenvalue weighted by molar-refractivity contribution is 1.63. The molecule has 0 aliphatic rings. The van der Waals surface area contributed by atoms with Crippen LogP contribution < -0.4 is 0 Å². The molecular weight excluding hydrogens is 1280 g/mol. The van der Waals surface area contributed by atoms with Crippen LogP contribution in [0.1, 0.15) is 0 Å². The van der Waals surface area contributed by atoms with E-state index in [9.17, 15) is 0 Å². The molecule has 100 heavy (non-hydrogen) atoms. The van der Waals surface area contributed by atoms with Gasteiger partial charge in [-0.05, 0) is 215 Å². The highest BCUT2D eigenvalue weighted by molar-refractivity contribution is 7.30. The van der Waals surface area contributed by atoms with Crippen molar-refractivity contribution in [3.63, 3.8) is 0 Å². The summed E-state index contributed by atoms with van der Waals surface area (Å²) in [4.78, 5) is 0. The molecule has 0 saturated heterocycles. The first-order chi connectivity index (χ1) is 49.6. The monoisotopic (exact) mass is 1330 g/mol. The normalized spacial score (nSPS) is 12.2. The molecule has 0 unspecified atom stereocenters. The van der Waals surface area contributed by atoms with Gasteiger partial charge >= 0.3 is 0 Å². The third-order valence-electron chi connectivity index (χ3n) is 21.4. The predicted molar refractivity (Wildman–Crippen MR) is 441 cm³/mol. The van der Waals surface area contributed by atoms with E-state index in [0.717, 1.165) is 0 Å². The van der Waals surface area contributed by atoms with E-state index in [1.165, 1.54) is 223 Å². The molecule has 0 radical (unpaired) electrons. The van der Waals surface area contributed by atoms with Crippen molar-refractivity contribution >= 4 is 191 Å². The summed E-state index contributed by atoms with van der Waals surface area (Å²) in [6, 6.07) is 124. The summed E-state index contributed by atoms with van der Waals surface area (Å²) in [5, 5.41) is 25.8. The Hall–Kier alpha value is -11.6. The first kappa shape index (κ1) is 56.4. The van der Waals surface area contributed by atoms with Gasteiger partial charge in [-0.1, -0.05) is 255 Å². The molecule has 0 nitrogen and oxygen atoms in total. The van der Waals surface area contributed by atoms with E-state index in [1.807, 2.05) is 45.3 Å². The molecule has 0 bridgehead atoms. The third-order valence-corrected chi connectivity index (χ3v) is 25.9. The highest BCUT2D eigenvalue weighted by Crippen LogP contribution is 2.54. The fourth-order valence-corrected chi connectivity index (χ4v) is 21.9. The Morgan fingerprint density at radius 3 is 1.20 bits per heavy atom. The van der Waals surface area contributed by atoms with Crippen LogP contribution in [-0.2, 0) is 0 Å². The predicted octanol–water partition coefficient (Wildman–Crippen LogP) is 29.7. The highest BCUT2D eigenvalue weighted by Gasteiger charge is 2.24. The number of benzene rings is 18. The first-order valence-electron chi connectivity index (χ1n) is 34.3. The molecular formula is C96H54S4. The summed E-state index contributed by atoms with van der Waals surface area (Å²) < 4.78 is 10.6. The molecule has 0 N–H and O–H groups in total. The Kier molecular flexibility index (Phi) is 12.4. The van der Waals surface area contributed by atoms with Crippen LogP contribution in [0, 0.1) is 0 Å². The summed E-state index contributed by atoms with van der Waals surface area (Å²) in [5.74, 6) is 0. The molecule has 22 rings (SSSR count). The Bertz CT molecular complexity index is 7150. The summed E-state index contributed by atoms with van der Waals surface area (Å²) in [6.45, 7) is 0. The van der Waals surface area contributed by atoms with Gasteiger partial charge in [0.25, 0.3) is 0 Å². The lowest BCUT2D eigenvalue weighted by Gasteiger charge is -2.18. The smallest absolute Gasteiger partial charge is 0.0449 e. The van der Waals surface area contributed by atoms with Gasteiger partial charge in [0, 0.05) is 80.7 Å². The van der Waals surface area contributed by atoms with Crippen LogP contribution in [-0.4, -0.2) is 0 Å². The minimum Gasteiger partial charge on any atom is -0.135 e. The Balaban J connectivity index is 0.650. The van der Waals surface area contributed by atoms with Crippen molar-refractivity contribution in [2.75, 3.05) is 0 Å². The van der Waals surface area contributed by atoms with Gasteiger partial charge in [-0.3, -0.25) is 0 Å². The van der Waals surface area contributed by atoms with Crippen molar-refractivity contribution in [2.24, 2.45) is 0 Å². The Morgan fingerprint density at radius 2 is 0.580 bits per heavy atom. The molecule has 0 aliphatic heterocycles. The van der Waals surface area contributed by atoms with Gasteiger partial charge in [-0.15, -0.1) is 45.3 Å². The van der Waals surface area contributed by atoms with Gasteiger partial charge < -0.3 is 0 Å². The van der Waals surface area contributed by atoms with Crippen LogP contribution in [0.3, 0.4) is 0 Å². The summed E-state index contributed by atoms with van der Waals surface area (Å²) >= 11 is 7.71. The van der Waals surface area contributed by atoms with Gasteiger partial charge in [0.05, 0.1) is 0 Å². The minimum absolute atomic E-state index is 1.21. The fourth-order valence-electron chi connectivity index (χ4n) is 17.0. The maximum absolute atomic E-state index is 2.50. The van der Waals surface area contributed by atoms with E-state index in [-0.39, 0.29) is 0 Å². The van der Waals surface area contributed by atoms with Crippen LogP contribution in [0.2, 0.25) is 0 Å². The van der Waals surface area contributed by atoms with E-state index < -0.39 is 0 Å². The van der Waals surface area contributed by atoms with Gasteiger partial charge in [-0.2, -0.15) is 0 Å². The molecule has 0 atom stereocenters. The molecule has 18 aromatic carbocycles. The largest absolute Gasteiger partial charge is 0.135 e. The molecule has 22 aromatic rings. The van der Waals surface area contributed by atoms with E-state index in [2.05, 4.69) is 328 Å². The molecule has 0 aliphatic carbocycles. The van der Waals surface area contributed by atoms with Gasteiger partial charge in [-0.25, -0.2) is 0 Å². The van der Waals surface area contributed by atoms with Crippen LogP contribution in [0.25, 0.3) is 223 Å². The van der Waals surface area contributed by atoms with Crippen molar-refractivity contribution in [1.29, 1.82) is 0 Å². The quantitative estimate of drug-likeness (QED) is 0.140. The maximum atomic E-state index is 2.50. The van der Waals surface area contributed by atoms with Crippen LogP contribution in [0.5, 0.6) is 0 Å². The molecule has 462 valence electrons. The molecule has 0 saturated carbocycles. The molecule has 4 aromatic heterocycles.